The fraction of sp³-hybridized carbons (Fsp3) is 0.579. The van der Waals surface area contributed by atoms with Gasteiger partial charge in [-0.05, 0) is 39.2 Å². The van der Waals surface area contributed by atoms with Crippen molar-refractivity contribution in [3.63, 3.8) is 0 Å². The normalized spacial score (nSPS) is 17.4. The van der Waals surface area contributed by atoms with E-state index in [1.807, 2.05) is 51.1 Å². The summed E-state index contributed by atoms with van der Waals surface area (Å²) in [5.74, 6) is -0.399. The van der Waals surface area contributed by atoms with Crippen molar-refractivity contribution in [2.75, 3.05) is 19.8 Å². The summed E-state index contributed by atoms with van der Waals surface area (Å²) in [6, 6.07) is 9.51. The van der Waals surface area contributed by atoms with Gasteiger partial charge in [0.25, 0.3) is 0 Å². The first-order valence-corrected chi connectivity index (χ1v) is 8.62. The third-order valence-corrected chi connectivity index (χ3v) is 3.77. The predicted octanol–water partition coefficient (Wildman–Crippen LogP) is 3.15. The van der Waals surface area contributed by atoms with Crippen molar-refractivity contribution < 1.29 is 23.8 Å². The first-order valence-electron chi connectivity index (χ1n) is 8.62. The number of ether oxygens (including phenoxy) is 3. The molecule has 0 aliphatic carbocycles. The number of hydrogen-bond acceptors (Lipinski definition) is 5. The van der Waals surface area contributed by atoms with Crippen LogP contribution in [0.25, 0.3) is 0 Å². The van der Waals surface area contributed by atoms with Gasteiger partial charge < -0.3 is 19.1 Å². The van der Waals surface area contributed by atoms with Crippen molar-refractivity contribution in [1.29, 1.82) is 0 Å². The fourth-order valence-corrected chi connectivity index (χ4v) is 2.70. The Balaban J connectivity index is 1.73. The Hall–Kier alpha value is -2.08. The van der Waals surface area contributed by atoms with E-state index in [0.29, 0.717) is 13.2 Å². The van der Waals surface area contributed by atoms with Crippen molar-refractivity contribution in [2.24, 2.45) is 0 Å². The lowest BCUT2D eigenvalue weighted by Crippen LogP contribution is -2.39. The summed E-state index contributed by atoms with van der Waals surface area (Å²) in [6.07, 6.45) is 1.41. The van der Waals surface area contributed by atoms with Crippen LogP contribution in [0.3, 0.4) is 0 Å². The first kappa shape index (κ1) is 19.2. The van der Waals surface area contributed by atoms with Gasteiger partial charge >= 0.3 is 12.1 Å². The van der Waals surface area contributed by atoms with E-state index in [1.165, 1.54) is 0 Å². The fourth-order valence-electron chi connectivity index (χ4n) is 2.70. The molecule has 0 saturated carbocycles. The van der Waals surface area contributed by atoms with E-state index in [2.05, 4.69) is 0 Å². The molecular formula is C19H27NO5. The topological polar surface area (TPSA) is 65.1 Å². The molecule has 0 N–H and O–H groups in total. The molecule has 138 valence electrons. The quantitative estimate of drug-likeness (QED) is 0.738. The number of rotatable bonds is 6. The molecule has 1 aliphatic heterocycles. The minimum Gasteiger partial charge on any atom is -0.458 e. The molecule has 6 nitrogen and oxygen atoms in total. The molecule has 1 aliphatic rings. The summed E-state index contributed by atoms with van der Waals surface area (Å²) in [4.78, 5) is 25.6. The Morgan fingerprint density at radius 1 is 1.20 bits per heavy atom. The van der Waals surface area contributed by atoms with Gasteiger partial charge in [0.1, 0.15) is 18.8 Å². The Morgan fingerprint density at radius 3 is 2.60 bits per heavy atom. The lowest BCUT2D eigenvalue weighted by molar-refractivity contribution is -0.160. The highest BCUT2D eigenvalue weighted by atomic mass is 16.6. The molecule has 2 rings (SSSR count). The molecular weight excluding hydrogens is 322 g/mol. The van der Waals surface area contributed by atoms with E-state index in [9.17, 15) is 9.59 Å². The van der Waals surface area contributed by atoms with Crippen LogP contribution in [0.1, 0.15) is 39.2 Å². The SMILES string of the molecule is CC(C)(C)OC(=O)COC[C@@H]1CCCN1C(=O)OCc1ccccc1. The minimum atomic E-state index is -0.527. The molecule has 0 unspecified atom stereocenters. The molecule has 0 radical (unpaired) electrons. The highest BCUT2D eigenvalue weighted by Crippen LogP contribution is 2.19. The van der Waals surface area contributed by atoms with Crippen molar-refractivity contribution in [3.8, 4) is 0 Å². The summed E-state index contributed by atoms with van der Waals surface area (Å²) < 4.78 is 16.0. The summed E-state index contributed by atoms with van der Waals surface area (Å²) in [5, 5.41) is 0. The molecule has 25 heavy (non-hydrogen) atoms. The van der Waals surface area contributed by atoms with Gasteiger partial charge in [-0.25, -0.2) is 9.59 Å². The second-order valence-corrected chi connectivity index (χ2v) is 7.13. The number of carbonyl (C=O) groups excluding carboxylic acids is 2. The van der Waals surface area contributed by atoms with Crippen molar-refractivity contribution in [2.45, 2.75) is 51.9 Å². The first-order chi connectivity index (χ1) is 11.8. The predicted molar refractivity (Wildman–Crippen MR) is 93.0 cm³/mol. The molecule has 0 bridgehead atoms. The zero-order chi connectivity index (χ0) is 18.3. The van der Waals surface area contributed by atoms with Gasteiger partial charge in [0.2, 0.25) is 0 Å². The van der Waals surface area contributed by atoms with Crippen LogP contribution in [0.15, 0.2) is 30.3 Å². The molecule has 1 aromatic rings. The third-order valence-electron chi connectivity index (χ3n) is 3.77. The van der Waals surface area contributed by atoms with Gasteiger partial charge in [-0.1, -0.05) is 30.3 Å². The number of carbonyl (C=O) groups is 2. The summed E-state index contributed by atoms with van der Waals surface area (Å²) in [7, 11) is 0. The second kappa shape index (κ2) is 8.85. The zero-order valence-corrected chi connectivity index (χ0v) is 15.2. The number of amides is 1. The Labute approximate surface area is 149 Å². The Morgan fingerprint density at radius 2 is 1.92 bits per heavy atom. The van der Waals surface area contributed by atoms with Crippen LogP contribution in [0.4, 0.5) is 4.79 Å². The smallest absolute Gasteiger partial charge is 0.410 e. The number of benzene rings is 1. The van der Waals surface area contributed by atoms with Crippen LogP contribution in [-0.4, -0.2) is 48.4 Å². The third kappa shape index (κ3) is 6.74. The zero-order valence-electron chi connectivity index (χ0n) is 15.2. The van der Waals surface area contributed by atoms with E-state index in [-0.39, 0.29) is 25.3 Å². The maximum Gasteiger partial charge on any atom is 0.410 e. The summed E-state index contributed by atoms with van der Waals surface area (Å²) >= 11 is 0. The molecule has 1 saturated heterocycles. The van der Waals surface area contributed by atoms with Gasteiger partial charge in [0.15, 0.2) is 0 Å². The summed E-state index contributed by atoms with van der Waals surface area (Å²) in [5.41, 5.74) is 0.425. The van der Waals surface area contributed by atoms with Gasteiger partial charge in [-0.3, -0.25) is 0 Å². The Bertz CT molecular complexity index is 567. The van der Waals surface area contributed by atoms with E-state index in [1.54, 1.807) is 4.90 Å². The van der Waals surface area contributed by atoms with Crippen molar-refractivity contribution in [1.82, 2.24) is 4.90 Å². The number of nitrogens with zero attached hydrogens (tertiary/aromatic N) is 1. The maximum absolute atomic E-state index is 12.3. The largest absolute Gasteiger partial charge is 0.458 e. The van der Waals surface area contributed by atoms with Crippen molar-refractivity contribution in [3.05, 3.63) is 35.9 Å². The van der Waals surface area contributed by atoms with E-state index < -0.39 is 11.6 Å². The Kier molecular flexibility index (Phi) is 6.82. The standard InChI is InChI=1S/C19H27NO5/c1-19(2,3)25-17(21)14-23-13-16-10-7-11-20(16)18(22)24-12-15-8-5-4-6-9-15/h4-6,8-9,16H,7,10-14H2,1-3H3/t16-/m0/s1. The average molecular weight is 349 g/mol. The van der Waals surface area contributed by atoms with Crippen molar-refractivity contribution >= 4 is 12.1 Å². The molecule has 1 fully saturated rings. The van der Waals surface area contributed by atoms with Crippen LogP contribution in [0, 0.1) is 0 Å². The highest BCUT2D eigenvalue weighted by Gasteiger charge is 2.30. The average Bonchev–Trinajstić information content (AvgIpc) is 3.00. The molecule has 6 heteroatoms. The van der Waals surface area contributed by atoms with E-state index in [4.69, 9.17) is 14.2 Å². The van der Waals surface area contributed by atoms with Crippen LogP contribution in [0.5, 0.6) is 0 Å². The second-order valence-electron chi connectivity index (χ2n) is 7.13. The molecule has 1 aromatic carbocycles. The van der Waals surface area contributed by atoms with Crippen LogP contribution in [-0.2, 0) is 25.6 Å². The van der Waals surface area contributed by atoms with E-state index in [0.717, 1.165) is 18.4 Å². The number of esters is 1. The van der Waals surface area contributed by atoms with Gasteiger partial charge in [0, 0.05) is 6.54 Å². The molecule has 0 spiro atoms. The highest BCUT2D eigenvalue weighted by molar-refractivity contribution is 5.71. The molecule has 1 amide bonds. The van der Waals surface area contributed by atoms with Crippen LogP contribution in [0.2, 0.25) is 0 Å². The minimum absolute atomic E-state index is 0.0642. The maximum atomic E-state index is 12.3. The molecule has 1 atom stereocenters. The lowest BCUT2D eigenvalue weighted by Gasteiger charge is -2.24. The van der Waals surface area contributed by atoms with Crippen LogP contribution < -0.4 is 0 Å². The van der Waals surface area contributed by atoms with Gasteiger partial charge in [-0.2, -0.15) is 0 Å². The van der Waals surface area contributed by atoms with E-state index >= 15 is 0 Å². The molecule has 0 aromatic heterocycles. The summed E-state index contributed by atoms with van der Waals surface area (Å²) in [6.45, 7) is 6.53. The van der Waals surface area contributed by atoms with Gasteiger partial charge in [0.05, 0.1) is 12.6 Å². The monoisotopic (exact) mass is 349 g/mol. The number of likely N-dealkylation sites (tertiary alicyclic amines) is 1. The van der Waals surface area contributed by atoms with Crippen LogP contribution >= 0.6 is 0 Å². The lowest BCUT2D eigenvalue weighted by atomic mass is 10.2. The van der Waals surface area contributed by atoms with Gasteiger partial charge in [-0.15, -0.1) is 0 Å². The number of hydrogen-bond donors (Lipinski definition) is 0. The molecule has 1 heterocycles.